The lowest BCUT2D eigenvalue weighted by Gasteiger charge is -2.12. The molecule has 2 N–H and O–H groups in total. The van der Waals surface area contributed by atoms with Crippen molar-refractivity contribution in [2.75, 3.05) is 6.61 Å². The Labute approximate surface area is 104 Å². The fraction of sp³-hybridized carbons (Fsp3) is 0.333. The molecule has 1 aliphatic rings. The zero-order chi connectivity index (χ0) is 12.3. The predicted molar refractivity (Wildman–Crippen MR) is 64.8 cm³/mol. The summed E-state index contributed by atoms with van der Waals surface area (Å²) in [6, 6.07) is 3.11. The van der Waals surface area contributed by atoms with Crippen LogP contribution >= 0.6 is 11.6 Å². The SMILES string of the molecule is O=C(N[C@@H]1C=C[C@H](CO)C1)c1cc(Cl)ccn1. The van der Waals surface area contributed by atoms with Gasteiger partial charge in [0.15, 0.2) is 0 Å². The minimum Gasteiger partial charge on any atom is -0.396 e. The van der Waals surface area contributed by atoms with Crippen molar-refractivity contribution in [3.63, 3.8) is 0 Å². The normalized spacial score (nSPS) is 22.7. The van der Waals surface area contributed by atoms with Crippen molar-refractivity contribution in [3.05, 3.63) is 41.2 Å². The Kier molecular flexibility index (Phi) is 3.76. The molecule has 1 heterocycles. The first-order valence-corrected chi connectivity index (χ1v) is 5.78. The highest BCUT2D eigenvalue weighted by Crippen LogP contribution is 2.17. The van der Waals surface area contributed by atoms with Crippen molar-refractivity contribution < 1.29 is 9.90 Å². The van der Waals surface area contributed by atoms with Crippen LogP contribution in [0.3, 0.4) is 0 Å². The van der Waals surface area contributed by atoms with Crippen molar-refractivity contribution in [2.45, 2.75) is 12.5 Å². The molecule has 2 rings (SSSR count). The molecule has 0 fully saturated rings. The molecule has 0 saturated heterocycles. The maximum absolute atomic E-state index is 11.8. The van der Waals surface area contributed by atoms with Gasteiger partial charge in [-0.25, -0.2) is 0 Å². The Morgan fingerprint density at radius 1 is 1.59 bits per heavy atom. The fourth-order valence-corrected chi connectivity index (χ4v) is 1.95. The number of aromatic nitrogens is 1. The van der Waals surface area contributed by atoms with Crippen LogP contribution < -0.4 is 5.32 Å². The second kappa shape index (κ2) is 5.29. The van der Waals surface area contributed by atoms with Gasteiger partial charge in [0.25, 0.3) is 5.91 Å². The van der Waals surface area contributed by atoms with E-state index in [0.29, 0.717) is 10.7 Å². The van der Waals surface area contributed by atoms with E-state index in [1.165, 1.54) is 12.3 Å². The number of hydrogen-bond acceptors (Lipinski definition) is 3. The Hall–Kier alpha value is -1.39. The highest BCUT2D eigenvalue weighted by molar-refractivity contribution is 6.30. The van der Waals surface area contributed by atoms with Gasteiger partial charge in [0, 0.05) is 29.8 Å². The minimum absolute atomic E-state index is 0.0413. The predicted octanol–water partition coefficient (Wildman–Crippen LogP) is 1.40. The molecule has 0 bridgehead atoms. The summed E-state index contributed by atoms with van der Waals surface area (Å²) in [5, 5.41) is 12.3. The molecule has 90 valence electrons. The van der Waals surface area contributed by atoms with Gasteiger partial charge in [-0.05, 0) is 18.6 Å². The van der Waals surface area contributed by atoms with Crippen LogP contribution in [0, 0.1) is 5.92 Å². The molecule has 17 heavy (non-hydrogen) atoms. The number of carbonyl (C=O) groups is 1. The number of nitrogens with one attached hydrogen (secondary N) is 1. The van der Waals surface area contributed by atoms with Gasteiger partial charge in [0.1, 0.15) is 5.69 Å². The standard InChI is InChI=1S/C12H13ClN2O2/c13-9-3-4-14-11(6-9)12(17)15-10-2-1-8(5-10)7-16/h1-4,6,8,10,16H,5,7H2,(H,15,17)/t8-,10+/m0/s1. The van der Waals surface area contributed by atoms with Gasteiger partial charge in [0.2, 0.25) is 0 Å². The van der Waals surface area contributed by atoms with Gasteiger partial charge in [-0.15, -0.1) is 0 Å². The fourth-order valence-electron chi connectivity index (χ4n) is 1.79. The van der Waals surface area contributed by atoms with Crippen LogP contribution in [0.2, 0.25) is 5.02 Å². The van der Waals surface area contributed by atoms with Crippen LogP contribution in [-0.4, -0.2) is 28.6 Å². The molecule has 0 aromatic carbocycles. The third-order valence-electron chi connectivity index (χ3n) is 2.68. The smallest absolute Gasteiger partial charge is 0.270 e. The molecule has 0 unspecified atom stereocenters. The number of rotatable bonds is 3. The molecule has 0 radical (unpaired) electrons. The quantitative estimate of drug-likeness (QED) is 0.800. The van der Waals surface area contributed by atoms with E-state index in [-0.39, 0.29) is 24.5 Å². The third-order valence-corrected chi connectivity index (χ3v) is 2.91. The Morgan fingerprint density at radius 2 is 2.41 bits per heavy atom. The second-order valence-corrected chi connectivity index (χ2v) is 4.44. The van der Waals surface area contributed by atoms with E-state index in [9.17, 15) is 4.79 Å². The number of hydrogen-bond donors (Lipinski definition) is 2. The minimum atomic E-state index is -0.249. The number of aliphatic hydroxyl groups excluding tert-OH is 1. The van der Waals surface area contributed by atoms with Gasteiger partial charge in [-0.1, -0.05) is 23.8 Å². The summed E-state index contributed by atoms with van der Waals surface area (Å²) in [5.41, 5.74) is 0.304. The summed E-state index contributed by atoms with van der Waals surface area (Å²) in [5.74, 6) is -0.117. The average Bonchev–Trinajstić information content (AvgIpc) is 2.77. The van der Waals surface area contributed by atoms with Crippen molar-refractivity contribution in [3.8, 4) is 0 Å². The maximum Gasteiger partial charge on any atom is 0.270 e. The number of amides is 1. The number of carbonyl (C=O) groups excluding carboxylic acids is 1. The highest BCUT2D eigenvalue weighted by Gasteiger charge is 2.20. The summed E-state index contributed by atoms with van der Waals surface area (Å²) in [6.07, 6.45) is 6.03. The first-order chi connectivity index (χ1) is 8.19. The van der Waals surface area contributed by atoms with E-state index < -0.39 is 0 Å². The molecule has 0 aliphatic heterocycles. The Balaban J connectivity index is 1.96. The molecule has 1 aromatic rings. The van der Waals surface area contributed by atoms with E-state index in [1.807, 2.05) is 12.2 Å². The highest BCUT2D eigenvalue weighted by atomic mass is 35.5. The monoisotopic (exact) mass is 252 g/mol. The molecule has 2 atom stereocenters. The van der Waals surface area contributed by atoms with Crippen LogP contribution in [0.1, 0.15) is 16.9 Å². The summed E-state index contributed by atoms with van der Waals surface area (Å²) >= 11 is 5.78. The lowest BCUT2D eigenvalue weighted by atomic mass is 10.1. The Bertz CT molecular complexity index is 448. The molecule has 4 nitrogen and oxygen atoms in total. The van der Waals surface area contributed by atoms with Crippen LogP contribution in [-0.2, 0) is 0 Å². The molecule has 1 aliphatic carbocycles. The second-order valence-electron chi connectivity index (χ2n) is 4.00. The Morgan fingerprint density at radius 3 is 3.06 bits per heavy atom. The lowest BCUT2D eigenvalue weighted by Crippen LogP contribution is -2.33. The molecule has 1 aromatic heterocycles. The van der Waals surface area contributed by atoms with Crippen molar-refractivity contribution >= 4 is 17.5 Å². The van der Waals surface area contributed by atoms with Gasteiger partial charge in [-0.2, -0.15) is 0 Å². The summed E-state index contributed by atoms with van der Waals surface area (Å²) in [4.78, 5) is 15.8. The molecule has 5 heteroatoms. The largest absolute Gasteiger partial charge is 0.396 e. The molecular formula is C12H13ClN2O2. The first kappa shape index (κ1) is 12.1. The third kappa shape index (κ3) is 3.05. The maximum atomic E-state index is 11.8. The zero-order valence-corrected chi connectivity index (χ0v) is 9.89. The average molecular weight is 253 g/mol. The van der Waals surface area contributed by atoms with Crippen LogP contribution in [0.25, 0.3) is 0 Å². The van der Waals surface area contributed by atoms with Gasteiger partial charge >= 0.3 is 0 Å². The van der Waals surface area contributed by atoms with E-state index in [0.717, 1.165) is 6.42 Å². The first-order valence-electron chi connectivity index (χ1n) is 5.40. The van der Waals surface area contributed by atoms with E-state index >= 15 is 0 Å². The lowest BCUT2D eigenvalue weighted by molar-refractivity contribution is 0.0936. The van der Waals surface area contributed by atoms with Crippen molar-refractivity contribution in [2.24, 2.45) is 5.92 Å². The van der Waals surface area contributed by atoms with Crippen molar-refractivity contribution in [1.29, 1.82) is 0 Å². The van der Waals surface area contributed by atoms with Gasteiger partial charge < -0.3 is 10.4 Å². The number of nitrogens with zero attached hydrogens (tertiary/aromatic N) is 1. The molecule has 0 saturated carbocycles. The van der Waals surface area contributed by atoms with Crippen LogP contribution in [0.4, 0.5) is 0 Å². The van der Waals surface area contributed by atoms with Crippen LogP contribution in [0.15, 0.2) is 30.5 Å². The van der Waals surface area contributed by atoms with E-state index in [1.54, 1.807) is 6.07 Å². The van der Waals surface area contributed by atoms with Gasteiger partial charge in [-0.3, -0.25) is 9.78 Å². The summed E-state index contributed by atoms with van der Waals surface area (Å²) in [6.45, 7) is 0.109. The zero-order valence-electron chi connectivity index (χ0n) is 9.14. The molecular weight excluding hydrogens is 240 g/mol. The van der Waals surface area contributed by atoms with E-state index in [2.05, 4.69) is 10.3 Å². The molecule has 1 amide bonds. The summed E-state index contributed by atoms with van der Waals surface area (Å²) < 4.78 is 0. The molecule has 0 spiro atoms. The van der Waals surface area contributed by atoms with Crippen molar-refractivity contribution in [1.82, 2.24) is 10.3 Å². The number of pyridine rings is 1. The number of halogens is 1. The van der Waals surface area contributed by atoms with E-state index in [4.69, 9.17) is 16.7 Å². The van der Waals surface area contributed by atoms with Crippen LogP contribution in [0.5, 0.6) is 0 Å². The number of aliphatic hydroxyl groups is 1. The summed E-state index contributed by atoms with van der Waals surface area (Å²) in [7, 11) is 0. The van der Waals surface area contributed by atoms with Gasteiger partial charge in [0.05, 0.1) is 0 Å². The topological polar surface area (TPSA) is 62.2 Å².